The molecule has 2 rings (SSSR count). The molecule has 1 fully saturated rings. The summed E-state index contributed by atoms with van der Waals surface area (Å²) in [6.45, 7) is 8.17. The number of likely N-dealkylation sites (tertiary alicyclic amines) is 1. The number of nitrogens with zero attached hydrogens (tertiary/aromatic N) is 4. The molecule has 118 valence electrons. The average molecular weight is 294 g/mol. The SMILES string of the molecule is CC(C)Cn1ncnc1CN1CCC(CCC(=O)O)CC1. The van der Waals surface area contributed by atoms with Crippen LogP contribution in [0.5, 0.6) is 0 Å². The smallest absolute Gasteiger partial charge is 0.303 e. The normalized spacial score (nSPS) is 17.5. The summed E-state index contributed by atoms with van der Waals surface area (Å²) in [6.07, 6.45) is 4.93. The van der Waals surface area contributed by atoms with Gasteiger partial charge in [-0.25, -0.2) is 9.67 Å². The van der Waals surface area contributed by atoms with Crippen molar-refractivity contribution in [2.75, 3.05) is 13.1 Å². The number of carboxylic acids is 1. The largest absolute Gasteiger partial charge is 0.481 e. The van der Waals surface area contributed by atoms with Crippen molar-refractivity contribution in [1.82, 2.24) is 19.7 Å². The molecule has 0 unspecified atom stereocenters. The second-order valence-electron chi connectivity index (χ2n) is 6.40. The molecule has 2 heterocycles. The molecule has 0 radical (unpaired) electrons. The van der Waals surface area contributed by atoms with Crippen molar-refractivity contribution in [2.45, 2.75) is 52.6 Å². The Morgan fingerprint density at radius 3 is 2.76 bits per heavy atom. The van der Waals surface area contributed by atoms with Crippen LogP contribution in [-0.4, -0.2) is 43.8 Å². The summed E-state index contributed by atoms with van der Waals surface area (Å²) < 4.78 is 2.00. The number of aromatic nitrogens is 3. The van der Waals surface area contributed by atoms with Crippen molar-refractivity contribution in [3.05, 3.63) is 12.2 Å². The molecule has 6 heteroatoms. The van der Waals surface area contributed by atoms with Crippen LogP contribution in [0.3, 0.4) is 0 Å². The molecule has 1 aromatic rings. The molecule has 0 saturated carbocycles. The fraction of sp³-hybridized carbons (Fsp3) is 0.800. The first-order valence-electron chi connectivity index (χ1n) is 7.85. The topological polar surface area (TPSA) is 71.2 Å². The number of hydrogen-bond donors (Lipinski definition) is 1. The Labute approximate surface area is 126 Å². The van der Waals surface area contributed by atoms with Crippen LogP contribution in [0.25, 0.3) is 0 Å². The summed E-state index contributed by atoms with van der Waals surface area (Å²) in [7, 11) is 0. The second kappa shape index (κ2) is 7.54. The number of piperidine rings is 1. The van der Waals surface area contributed by atoms with E-state index in [9.17, 15) is 4.79 Å². The molecule has 1 aliphatic rings. The Hall–Kier alpha value is -1.43. The minimum atomic E-state index is -0.681. The maximum Gasteiger partial charge on any atom is 0.303 e. The Balaban J connectivity index is 1.78. The fourth-order valence-corrected chi connectivity index (χ4v) is 2.87. The maximum atomic E-state index is 10.6. The van der Waals surface area contributed by atoms with Crippen molar-refractivity contribution in [2.24, 2.45) is 11.8 Å². The highest BCUT2D eigenvalue weighted by Crippen LogP contribution is 2.22. The van der Waals surface area contributed by atoms with Crippen molar-refractivity contribution in [3.8, 4) is 0 Å². The molecule has 0 spiro atoms. The van der Waals surface area contributed by atoms with Crippen LogP contribution in [0.15, 0.2) is 6.33 Å². The highest BCUT2D eigenvalue weighted by molar-refractivity contribution is 5.66. The third kappa shape index (κ3) is 5.12. The van der Waals surface area contributed by atoms with Gasteiger partial charge in [-0.3, -0.25) is 9.69 Å². The van der Waals surface area contributed by atoms with E-state index in [0.717, 1.165) is 51.3 Å². The Bertz CT molecular complexity index is 450. The van der Waals surface area contributed by atoms with Crippen LogP contribution in [0.1, 0.15) is 45.4 Å². The van der Waals surface area contributed by atoms with E-state index in [0.29, 0.717) is 18.3 Å². The quantitative estimate of drug-likeness (QED) is 0.833. The van der Waals surface area contributed by atoms with Gasteiger partial charge >= 0.3 is 5.97 Å². The van der Waals surface area contributed by atoms with Crippen LogP contribution in [0, 0.1) is 11.8 Å². The van der Waals surface area contributed by atoms with Crippen LogP contribution < -0.4 is 0 Å². The van der Waals surface area contributed by atoms with Gasteiger partial charge in [0.2, 0.25) is 0 Å². The van der Waals surface area contributed by atoms with Crippen molar-refractivity contribution in [1.29, 1.82) is 0 Å². The molecule has 6 nitrogen and oxygen atoms in total. The van der Waals surface area contributed by atoms with E-state index in [4.69, 9.17) is 5.11 Å². The number of carboxylic acid groups (broad SMARTS) is 1. The fourth-order valence-electron chi connectivity index (χ4n) is 2.87. The van der Waals surface area contributed by atoms with E-state index in [2.05, 4.69) is 28.8 Å². The predicted molar refractivity (Wildman–Crippen MR) is 79.7 cm³/mol. The molecule has 1 aromatic heterocycles. The van der Waals surface area contributed by atoms with Gasteiger partial charge in [0.25, 0.3) is 0 Å². The third-order valence-corrected chi connectivity index (χ3v) is 4.07. The average Bonchev–Trinajstić information content (AvgIpc) is 2.84. The highest BCUT2D eigenvalue weighted by Gasteiger charge is 2.21. The van der Waals surface area contributed by atoms with Crippen LogP contribution >= 0.6 is 0 Å². The third-order valence-electron chi connectivity index (χ3n) is 4.07. The Morgan fingerprint density at radius 2 is 2.14 bits per heavy atom. The monoisotopic (exact) mass is 294 g/mol. The number of hydrogen-bond acceptors (Lipinski definition) is 4. The molecule has 0 aromatic carbocycles. The van der Waals surface area contributed by atoms with Crippen LogP contribution in [0.2, 0.25) is 0 Å². The van der Waals surface area contributed by atoms with E-state index < -0.39 is 5.97 Å². The minimum Gasteiger partial charge on any atom is -0.481 e. The zero-order valence-corrected chi connectivity index (χ0v) is 13.0. The molecule has 0 amide bonds. The molecule has 21 heavy (non-hydrogen) atoms. The first-order valence-corrected chi connectivity index (χ1v) is 7.85. The van der Waals surface area contributed by atoms with E-state index in [-0.39, 0.29) is 0 Å². The van der Waals surface area contributed by atoms with E-state index in [1.807, 2.05) is 4.68 Å². The van der Waals surface area contributed by atoms with Crippen molar-refractivity contribution < 1.29 is 9.90 Å². The molecule has 1 saturated heterocycles. The van der Waals surface area contributed by atoms with Gasteiger partial charge < -0.3 is 5.11 Å². The number of rotatable bonds is 7. The van der Waals surface area contributed by atoms with Gasteiger partial charge in [0.15, 0.2) is 0 Å². The summed E-state index contributed by atoms with van der Waals surface area (Å²) in [5.41, 5.74) is 0. The van der Waals surface area contributed by atoms with E-state index in [1.54, 1.807) is 6.33 Å². The van der Waals surface area contributed by atoms with Crippen molar-refractivity contribution in [3.63, 3.8) is 0 Å². The highest BCUT2D eigenvalue weighted by atomic mass is 16.4. The molecular formula is C15H26N4O2. The van der Waals surface area contributed by atoms with Crippen molar-refractivity contribution >= 4 is 5.97 Å². The van der Waals surface area contributed by atoms with Gasteiger partial charge in [-0.1, -0.05) is 13.8 Å². The molecule has 1 N–H and O–H groups in total. The summed E-state index contributed by atoms with van der Waals surface area (Å²) in [4.78, 5) is 17.4. The van der Waals surface area contributed by atoms with E-state index in [1.165, 1.54) is 0 Å². The number of aliphatic carboxylic acids is 1. The predicted octanol–water partition coefficient (Wildman–Crippen LogP) is 2.01. The zero-order valence-electron chi connectivity index (χ0n) is 13.0. The van der Waals surface area contributed by atoms with E-state index >= 15 is 0 Å². The van der Waals surface area contributed by atoms with Gasteiger partial charge in [0, 0.05) is 13.0 Å². The first-order chi connectivity index (χ1) is 10.0. The summed E-state index contributed by atoms with van der Waals surface area (Å²) in [6, 6.07) is 0. The lowest BCUT2D eigenvalue weighted by molar-refractivity contribution is -0.137. The Kier molecular flexibility index (Phi) is 5.73. The summed E-state index contributed by atoms with van der Waals surface area (Å²) >= 11 is 0. The minimum absolute atomic E-state index is 0.299. The van der Waals surface area contributed by atoms with Gasteiger partial charge in [0.05, 0.1) is 6.54 Å². The Morgan fingerprint density at radius 1 is 1.43 bits per heavy atom. The molecular weight excluding hydrogens is 268 g/mol. The van der Waals surface area contributed by atoms with Crippen LogP contribution in [0.4, 0.5) is 0 Å². The maximum absolute atomic E-state index is 10.6. The molecule has 0 atom stereocenters. The first kappa shape index (κ1) is 15.9. The van der Waals surface area contributed by atoms with Crippen LogP contribution in [-0.2, 0) is 17.9 Å². The second-order valence-corrected chi connectivity index (χ2v) is 6.40. The summed E-state index contributed by atoms with van der Waals surface area (Å²) in [5, 5.41) is 13.0. The lowest BCUT2D eigenvalue weighted by atomic mass is 9.92. The summed E-state index contributed by atoms with van der Waals surface area (Å²) in [5.74, 6) is 1.48. The lowest BCUT2D eigenvalue weighted by Crippen LogP contribution is -2.34. The van der Waals surface area contributed by atoms with Gasteiger partial charge in [-0.05, 0) is 44.2 Å². The number of carbonyl (C=O) groups is 1. The molecule has 0 bridgehead atoms. The van der Waals surface area contributed by atoms with Gasteiger partial charge in [-0.2, -0.15) is 5.10 Å². The zero-order chi connectivity index (χ0) is 15.2. The van der Waals surface area contributed by atoms with Gasteiger partial charge in [0.1, 0.15) is 12.2 Å². The lowest BCUT2D eigenvalue weighted by Gasteiger charge is -2.31. The molecule has 0 aliphatic carbocycles. The molecule has 1 aliphatic heterocycles. The standard InChI is InChI=1S/C15H26N4O2/c1-12(2)9-19-14(16-11-17-19)10-18-7-5-13(6-8-18)3-4-15(20)21/h11-13H,3-10H2,1-2H3,(H,20,21). The van der Waals surface area contributed by atoms with Gasteiger partial charge in [-0.15, -0.1) is 0 Å².